The Labute approximate surface area is 145 Å². The van der Waals surface area contributed by atoms with Crippen LogP contribution in [-0.2, 0) is 14.4 Å². The quantitative estimate of drug-likeness (QED) is 0.900. The SMILES string of the molecule is CC(=O)Nc1ccc(N2C[C@@H](C(=O)Nc3ccccc3)CC2=O)cc1. The summed E-state index contributed by atoms with van der Waals surface area (Å²) < 4.78 is 0. The largest absolute Gasteiger partial charge is 0.326 e. The lowest BCUT2D eigenvalue weighted by Crippen LogP contribution is -2.28. The predicted molar refractivity (Wildman–Crippen MR) is 96.3 cm³/mol. The molecule has 3 amide bonds. The molecule has 1 heterocycles. The van der Waals surface area contributed by atoms with Crippen molar-refractivity contribution in [1.82, 2.24) is 0 Å². The fourth-order valence-corrected chi connectivity index (χ4v) is 2.83. The lowest BCUT2D eigenvalue weighted by molar-refractivity contribution is -0.122. The van der Waals surface area contributed by atoms with Gasteiger partial charge in [-0.15, -0.1) is 0 Å². The molecule has 0 bridgehead atoms. The third kappa shape index (κ3) is 4.03. The highest BCUT2D eigenvalue weighted by molar-refractivity contribution is 6.03. The Bertz CT molecular complexity index is 787. The Hall–Kier alpha value is -3.15. The van der Waals surface area contributed by atoms with Gasteiger partial charge in [-0.3, -0.25) is 14.4 Å². The van der Waals surface area contributed by atoms with E-state index in [1.807, 2.05) is 30.3 Å². The van der Waals surface area contributed by atoms with Crippen molar-refractivity contribution in [3.8, 4) is 0 Å². The zero-order valence-corrected chi connectivity index (χ0v) is 13.9. The van der Waals surface area contributed by atoms with Crippen molar-refractivity contribution >= 4 is 34.8 Å². The molecule has 0 spiro atoms. The molecular formula is C19H19N3O3. The number of rotatable bonds is 4. The maximum absolute atomic E-state index is 12.4. The highest BCUT2D eigenvalue weighted by Gasteiger charge is 2.35. The van der Waals surface area contributed by atoms with E-state index in [9.17, 15) is 14.4 Å². The number of carbonyl (C=O) groups excluding carboxylic acids is 3. The summed E-state index contributed by atoms with van der Waals surface area (Å²) in [6, 6.07) is 16.2. The molecule has 0 radical (unpaired) electrons. The summed E-state index contributed by atoms with van der Waals surface area (Å²) in [4.78, 5) is 37.3. The minimum Gasteiger partial charge on any atom is -0.326 e. The molecule has 6 heteroatoms. The molecule has 0 unspecified atom stereocenters. The maximum atomic E-state index is 12.4. The Balaban J connectivity index is 1.65. The van der Waals surface area contributed by atoms with Crippen LogP contribution in [-0.4, -0.2) is 24.3 Å². The number of hydrogen-bond donors (Lipinski definition) is 2. The van der Waals surface area contributed by atoms with Crippen molar-refractivity contribution in [2.24, 2.45) is 5.92 Å². The van der Waals surface area contributed by atoms with Gasteiger partial charge in [0.2, 0.25) is 17.7 Å². The summed E-state index contributed by atoms with van der Waals surface area (Å²) in [7, 11) is 0. The molecule has 1 saturated heterocycles. The second-order valence-corrected chi connectivity index (χ2v) is 5.99. The van der Waals surface area contributed by atoms with Crippen LogP contribution in [0.25, 0.3) is 0 Å². The van der Waals surface area contributed by atoms with E-state index in [0.29, 0.717) is 17.9 Å². The van der Waals surface area contributed by atoms with Crippen LogP contribution in [0, 0.1) is 5.92 Å². The first-order valence-electron chi connectivity index (χ1n) is 8.07. The van der Waals surface area contributed by atoms with Gasteiger partial charge in [-0.05, 0) is 36.4 Å². The average Bonchev–Trinajstić information content (AvgIpc) is 2.98. The number of benzene rings is 2. The molecule has 3 rings (SSSR count). The average molecular weight is 337 g/mol. The molecule has 2 N–H and O–H groups in total. The van der Waals surface area contributed by atoms with E-state index in [2.05, 4.69) is 10.6 Å². The molecule has 0 aromatic heterocycles. The fraction of sp³-hybridized carbons (Fsp3) is 0.211. The van der Waals surface area contributed by atoms with Crippen LogP contribution in [0.5, 0.6) is 0 Å². The van der Waals surface area contributed by atoms with Crippen LogP contribution in [0.4, 0.5) is 17.1 Å². The monoisotopic (exact) mass is 337 g/mol. The number of nitrogens with zero attached hydrogens (tertiary/aromatic N) is 1. The first kappa shape index (κ1) is 16.7. The number of hydrogen-bond acceptors (Lipinski definition) is 3. The second-order valence-electron chi connectivity index (χ2n) is 5.99. The molecule has 1 aliphatic rings. The molecule has 1 fully saturated rings. The van der Waals surface area contributed by atoms with E-state index in [1.165, 1.54) is 6.92 Å². The zero-order valence-electron chi connectivity index (χ0n) is 13.9. The van der Waals surface area contributed by atoms with Gasteiger partial charge < -0.3 is 15.5 Å². The molecular weight excluding hydrogens is 318 g/mol. The Kier molecular flexibility index (Phi) is 4.79. The minimum absolute atomic E-state index is 0.0829. The first-order valence-corrected chi connectivity index (χ1v) is 8.07. The van der Waals surface area contributed by atoms with Crippen LogP contribution in [0.1, 0.15) is 13.3 Å². The van der Waals surface area contributed by atoms with E-state index < -0.39 is 0 Å². The van der Waals surface area contributed by atoms with Crippen LogP contribution < -0.4 is 15.5 Å². The summed E-state index contributed by atoms with van der Waals surface area (Å²) in [6.07, 6.45) is 0.187. The summed E-state index contributed by atoms with van der Waals surface area (Å²) in [5.74, 6) is -0.775. The van der Waals surface area contributed by atoms with Crippen molar-refractivity contribution in [3.05, 3.63) is 54.6 Å². The zero-order chi connectivity index (χ0) is 17.8. The van der Waals surface area contributed by atoms with Gasteiger partial charge in [-0.25, -0.2) is 0 Å². The summed E-state index contributed by atoms with van der Waals surface area (Å²) in [6.45, 7) is 1.78. The van der Waals surface area contributed by atoms with Crippen LogP contribution in [0.3, 0.4) is 0 Å². The van der Waals surface area contributed by atoms with E-state index in [1.54, 1.807) is 29.2 Å². The van der Waals surface area contributed by atoms with Crippen molar-refractivity contribution in [2.45, 2.75) is 13.3 Å². The molecule has 2 aromatic carbocycles. The van der Waals surface area contributed by atoms with Crippen molar-refractivity contribution in [2.75, 3.05) is 22.1 Å². The number of amides is 3. The Morgan fingerprint density at radius 1 is 0.960 bits per heavy atom. The van der Waals surface area contributed by atoms with Gasteiger partial charge in [0.15, 0.2) is 0 Å². The van der Waals surface area contributed by atoms with E-state index in [-0.39, 0.29) is 30.1 Å². The third-order valence-electron chi connectivity index (χ3n) is 4.04. The summed E-state index contributed by atoms with van der Waals surface area (Å²) in [5, 5.41) is 5.52. The van der Waals surface area contributed by atoms with Gasteiger partial charge >= 0.3 is 0 Å². The van der Waals surface area contributed by atoms with E-state index in [4.69, 9.17) is 0 Å². The molecule has 0 saturated carbocycles. The molecule has 2 aromatic rings. The first-order chi connectivity index (χ1) is 12.0. The van der Waals surface area contributed by atoms with E-state index in [0.717, 1.165) is 5.69 Å². The lowest BCUT2D eigenvalue weighted by atomic mass is 10.1. The standard InChI is InChI=1S/C19H19N3O3/c1-13(23)20-16-7-9-17(10-8-16)22-12-14(11-18(22)24)19(25)21-15-5-3-2-4-6-15/h2-10,14H,11-12H2,1H3,(H,20,23)(H,21,25)/t14-/m0/s1. The van der Waals surface area contributed by atoms with Gasteiger partial charge in [-0.1, -0.05) is 18.2 Å². The molecule has 0 aliphatic carbocycles. The molecule has 6 nitrogen and oxygen atoms in total. The minimum atomic E-state index is -0.386. The van der Waals surface area contributed by atoms with Crippen LogP contribution in [0.15, 0.2) is 54.6 Å². The van der Waals surface area contributed by atoms with Crippen molar-refractivity contribution in [1.29, 1.82) is 0 Å². The van der Waals surface area contributed by atoms with Gasteiger partial charge in [0.05, 0.1) is 5.92 Å². The second kappa shape index (κ2) is 7.17. The number of nitrogens with one attached hydrogen (secondary N) is 2. The highest BCUT2D eigenvalue weighted by Crippen LogP contribution is 2.27. The topological polar surface area (TPSA) is 78.5 Å². The summed E-state index contributed by atoms with van der Waals surface area (Å²) in [5.41, 5.74) is 2.11. The highest BCUT2D eigenvalue weighted by atomic mass is 16.2. The molecule has 128 valence electrons. The van der Waals surface area contributed by atoms with Gasteiger partial charge in [0.1, 0.15) is 0 Å². The lowest BCUT2D eigenvalue weighted by Gasteiger charge is -2.17. The van der Waals surface area contributed by atoms with Crippen LogP contribution >= 0.6 is 0 Å². The van der Waals surface area contributed by atoms with Crippen molar-refractivity contribution in [3.63, 3.8) is 0 Å². The Morgan fingerprint density at radius 3 is 2.24 bits per heavy atom. The number of anilines is 3. The van der Waals surface area contributed by atoms with Crippen LogP contribution in [0.2, 0.25) is 0 Å². The Morgan fingerprint density at radius 2 is 1.60 bits per heavy atom. The maximum Gasteiger partial charge on any atom is 0.229 e. The van der Waals surface area contributed by atoms with E-state index >= 15 is 0 Å². The number of para-hydroxylation sites is 1. The van der Waals surface area contributed by atoms with Crippen molar-refractivity contribution < 1.29 is 14.4 Å². The fourth-order valence-electron chi connectivity index (χ4n) is 2.83. The van der Waals surface area contributed by atoms with Gasteiger partial charge in [0, 0.05) is 37.0 Å². The predicted octanol–water partition coefficient (Wildman–Crippen LogP) is 2.64. The molecule has 25 heavy (non-hydrogen) atoms. The number of carbonyl (C=O) groups is 3. The molecule has 1 aliphatic heterocycles. The normalized spacial score (nSPS) is 16.6. The smallest absolute Gasteiger partial charge is 0.229 e. The molecule has 1 atom stereocenters. The third-order valence-corrected chi connectivity index (χ3v) is 4.04. The van der Waals surface area contributed by atoms with Gasteiger partial charge in [0.25, 0.3) is 0 Å². The van der Waals surface area contributed by atoms with Gasteiger partial charge in [-0.2, -0.15) is 0 Å². The summed E-state index contributed by atoms with van der Waals surface area (Å²) >= 11 is 0.